The zero-order valence-corrected chi connectivity index (χ0v) is 12.7. The van der Waals surface area contributed by atoms with Crippen LogP contribution < -0.4 is 5.32 Å². The molecule has 1 atom stereocenters. The molecule has 0 heterocycles. The van der Waals surface area contributed by atoms with E-state index in [2.05, 4.69) is 44.0 Å². The Labute approximate surface area is 113 Å². The van der Waals surface area contributed by atoms with Gasteiger partial charge in [0, 0.05) is 25.2 Å². The molecule has 18 heavy (non-hydrogen) atoms. The molecule has 1 aliphatic rings. The molecule has 3 nitrogen and oxygen atoms in total. The van der Waals surface area contributed by atoms with Crippen molar-refractivity contribution in [3.63, 3.8) is 0 Å². The van der Waals surface area contributed by atoms with Gasteiger partial charge in [0.05, 0.1) is 6.07 Å². The molecular formula is C15H29N3. The highest BCUT2D eigenvalue weighted by molar-refractivity contribution is 5.05. The number of nitrogens with zero attached hydrogens (tertiary/aromatic N) is 2. The first-order chi connectivity index (χ1) is 8.36. The molecule has 104 valence electrons. The van der Waals surface area contributed by atoms with Crippen molar-refractivity contribution in [3.05, 3.63) is 0 Å². The first kappa shape index (κ1) is 15.5. The summed E-state index contributed by atoms with van der Waals surface area (Å²) in [6.07, 6.45) is 3.59. The number of nitrogens with one attached hydrogen (secondary N) is 1. The Morgan fingerprint density at radius 3 is 2.33 bits per heavy atom. The third kappa shape index (κ3) is 5.37. The summed E-state index contributed by atoms with van der Waals surface area (Å²) in [6.45, 7) is 13.0. The van der Waals surface area contributed by atoms with E-state index < -0.39 is 5.54 Å². The van der Waals surface area contributed by atoms with Crippen LogP contribution in [0.1, 0.15) is 53.9 Å². The van der Waals surface area contributed by atoms with Crippen molar-refractivity contribution in [2.45, 2.75) is 71.5 Å². The zero-order chi connectivity index (χ0) is 13.8. The van der Waals surface area contributed by atoms with Gasteiger partial charge in [-0.2, -0.15) is 5.26 Å². The van der Waals surface area contributed by atoms with E-state index in [1.54, 1.807) is 0 Å². The molecule has 0 saturated heterocycles. The molecule has 0 bridgehead atoms. The topological polar surface area (TPSA) is 39.1 Å². The Morgan fingerprint density at radius 2 is 1.94 bits per heavy atom. The van der Waals surface area contributed by atoms with Crippen molar-refractivity contribution in [1.82, 2.24) is 10.2 Å². The lowest BCUT2D eigenvalue weighted by atomic mass is 9.98. The smallest absolute Gasteiger partial charge is 0.105 e. The van der Waals surface area contributed by atoms with E-state index in [0.29, 0.717) is 12.0 Å². The molecule has 1 N–H and O–H groups in total. The second-order valence-electron chi connectivity index (χ2n) is 6.61. The Bertz CT molecular complexity index is 289. The number of nitriles is 1. The largest absolute Gasteiger partial charge is 0.300 e. The van der Waals surface area contributed by atoms with Gasteiger partial charge in [0.2, 0.25) is 0 Å². The van der Waals surface area contributed by atoms with Gasteiger partial charge < -0.3 is 4.90 Å². The van der Waals surface area contributed by atoms with Crippen LogP contribution in [0.4, 0.5) is 0 Å². The summed E-state index contributed by atoms with van der Waals surface area (Å²) in [4.78, 5) is 2.57. The minimum atomic E-state index is -0.391. The van der Waals surface area contributed by atoms with Gasteiger partial charge in [-0.3, -0.25) is 5.32 Å². The number of rotatable bonds is 8. The van der Waals surface area contributed by atoms with Crippen LogP contribution in [-0.4, -0.2) is 35.6 Å². The van der Waals surface area contributed by atoms with Crippen molar-refractivity contribution in [2.75, 3.05) is 13.1 Å². The lowest BCUT2D eigenvalue weighted by molar-refractivity contribution is 0.210. The molecular weight excluding hydrogens is 222 g/mol. The summed E-state index contributed by atoms with van der Waals surface area (Å²) in [6, 6.07) is 3.58. The zero-order valence-electron chi connectivity index (χ0n) is 12.7. The van der Waals surface area contributed by atoms with E-state index in [4.69, 9.17) is 0 Å². The molecule has 1 saturated carbocycles. The van der Waals surface area contributed by atoms with Crippen LogP contribution in [0.2, 0.25) is 0 Å². The fraction of sp³-hybridized carbons (Fsp3) is 0.933. The first-order valence-corrected chi connectivity index (χ1v) is 7.29. The van der Waals surface area contributed by atoms with Crippen LogP contribution in [0, 0.1) is 17.2 Å². The molecule has 3 heteroatoms. The summed E-state index contributed by atoms with van der Waals surface area (Å²) in [5.74, 6) is 0.706. The van der Waals surface area contributed by atoms with Crippen LogP contribution in [0.25, 0.3) is 0 Å². The lowest BCUT2D eigenvalue weighted by Gasteiger charge is -2.30. The van der Waals surface area contributed by atoms with E-state index in [9.17, 15) is 5.26 Å². The van der Waals surface area contributed by atoms with Crippen molar-refractivity contribution in [1.29, 1.82) is 5.26 Å². The highest BCUT2D eigenvalue weighted by atomic mass is 15.2. The maximum Gasteiger partial charge on any atom is 0.105 e. The van der Waals surface area contributed by atoms with E-state index in [1.165, 1.54) is 12.8 Å². The monoisotopic (exact) mass is 251 g/mol. The summed E-state index contributed by atoms with van der Waals surface area (Å²) in [7, 11) is 0. The fourth-order valence-corrected chi connectivity index (χ4v) is 2.50. The Morgan fingerprint density at radius 1 is 1.33 bits per heavy atom. The van der Waals surface area contributed by atoms with Crippen molar-refractivity contribution in [3.8, 4) is 6.07 Å². The molecule has 0 aromatic carbocycles. The van der Waals surface area contributed by atoms with Gasteiger partial charge in [-0.25, -0.2) is 0 Å². The van der Waals surface area contributed by atoms with Crippen molar-refractivity contribution >= 4 is 0 Å². The van der Waals surface area contributed by atoms with Gasteiger partial charge >= 0.3 is 0 Å². The Kier molecular flexibility index (Phi) is 5.62. The third-order valence-electron chi connectivity index (χ3n) is 3.42. The average Bonchev–Trinajstić information content (AvgIpc) is 3.06. The van der Waals surface area contributed by atoms with Crippen LogP contribution in [0.3, 0.4) is 0 Å². The second-order valence-corrected chi connectivity index (χ2v) is 6.61. The summed E-state index contributed by atoms with van der Waals surface area (Å²) in [5.41, 5.74) is -0.391. The van der Waals surface area contributed by atoms with Gasteiger partial charge in [-0.1, -0.05) is 13.8 Å². The van der Waals surface area contributed by atoms with Crippen LogP contribution >= 0.6 is 0 Å². The lowest BCUT2D eigenvalue weighted by Crippen LogP contribution is -2.47. The van der Waals surface area contributed by atoms with E-state index >= 15 is 0 Å². The van der Waals surface area contributed by atoms with Crippen LogP contribution in [0.15, 0.2) is 0 Å². The van der Waals surface area contributed by atoms with E-state index in [0.717, 1.165) is 25.6 Å². The highest BCUT2D eigenvalue weighted by Gasteiger charge is 2.32. The predicted octanol–water partition coefficient (Wildman–Crippen LogP) is 2.78. The molecule has 0 radical (unpaired) electrons. The molecule has 0 aromatic rings. The fourth-order valence-electron chi connectivity index (χ4n) is 2.50. The van der Waals surface area contributed by atoms with E-state index in [-0.39, 0.29) is 0 Å². The maximum absolute atomic E-state index is 9.35. The van der Waals surface area contributed by atoms with Crippen LogP contribution in [0.5, 0.6) is 0 Å². The van der Waals surface area contributed by atoms with Crippen molar-refractivity contribution in [2.24, 2.45) is 5.92 Å². The van der Waals surface area contributed by atoms with Gasteiger partial charge in [0.15, 0.2) is 0 Å². The minimum absolute atomic E-state index is 0.356. The number of hydrogen-bond donors (Lipinski definition) is 1. The van der Waals surface area contributed by atoms with Gasteiger partial charge in [-0.05, 0) is 46.0 Å². The standard InChI is InChI=1S/C15H29N3/c1-12(2)10-18(14-6-7-14)9-8-15(5,11-16)17-13(3)4/h12-14,17H,6-10H2,1-5H3. The SMILES string of the molecule is CC(C)CN(CCC(C)(C#N)NC(C)C)C1CC1. The van der Waals surface area contributed by atoms with E-state index in [1.807, 2.05) is 6.92 Å². The molecule has 0 aromatic heterocycles. The maximum atomic E-state index is 9.35. The molecule has 0 aliphatic heterocycles. The molecule has 0 amide bonds. The first-order valence-electron chi connectivity index (χ1n) is 7.29. The molecule has 1 unspecified atom stereocenters. The molecule has 1 rings (SSSR count). The molecule has 1 aliphatic carbocycles. The summed E-state index contributed by atoms with van der Waals surface area (Å²) < 4.78 is 0. The van der Waals surface area contributed by atoms with Crippen molar-refractivity contribution < 1.29 is 0 Å². The second kappa shape index (κ2) is 6.54. The quantitative estimate of drug-likeness (QED) is 0.721. The third-order valence-corrected chi connectivity index (χ3v) is 3.42. The Balaban J connectivity index is 2.46. The predicted molar refractivity (Wildman–Crippen MR) is 76.3 cm³/mol. The van der Waals surface area contributed by atoms with Crippen LogP contribution in [-0.2, 0) is 0 Å². The number of hydrogen-bond acceptors (Lipinski definition) is 3. The van der Waals surface area contributed by atoms with Gasteiger partial charge in [0.1, 0.15) is 5.54 Å². The molecule has 0 spiro atoms. The Hall–Kier alpha value is -0.590. The summed E-state index contributed by atoms with van der Waals surface area (Å²) >= 11 is 0. The van der Waals surface area contributed by atoms with Gasteiger partial charge in [0.25, 0.3) is 0 Å². The van der Waals surface area contributed by atoms with Gasteiger partial charge in [-0.15, -0.1) is 0 Å². The normalized spacial score (nSPS) is 19.3. The summed E-state index contributed by atoms with van der Waals surface area (Å²) in [5, 5.41) is 12.7. The molecule has 1 fully saturated rings. The average molecular weight is 251 g/mol. The highest BCUT2D eigenvalue weighted by Crippen LogP contribution is 2.28. The minimum Gasteiger partial charge on any atom is -0.300 e.